The monoisotopic (exact) mass is 281 g/mol. The first-order chi connectivity index (χ1) is 9.56. The first kappa shape index (κ1) is 16.5. The van der Waals surface area contributed by atoms with Gasteiger partial charge in [-0.3, -0.25) is 4.79 Å². The Hall–Kier alpha value is -1.59. The fourth-order valence-electron chi connectivity index (χ4n) is 1.84. The van der Waals surface area contributed by atoms with E-state index in [9.17, 15) is 9.90 Å². The Kier molecular flexibility index (Phi) is 7.04. The number of ether oxygens (including phenoxy) is 2. The lowest BCUT2D eigenvalue weighted by Gasteiger charge is -2.20. The van der Waals surface area contributed by atoms with E-state index in [1.165, 1.54) is 12.0 Å². The van der Waals surface area contributed by atoms with Crippen molar-refractivity contribution in [1.82, 2.24) is 4.90 Å². The Labute approximate surface area is 120 Å². The number of methoxy groups -OCH3 is 1. The molecule has 0 heterocycles. The Morgan fingerprint density at radius 3 is 2.55 bits per heavy atom. The second-order valence-electron chi connectivity index (χ2n) is 4.64. The van der Waals surface area contributed by atoms with Gasteiger partial charge in [-0.15, -0.1) is 0 Å². The van der Waals surface area contributed by atoms with Crippen molar-refractivity contribution in [2.75, 3.05) is 33.9 Å². The van der Waals surface area contributed by atoms with Crippen LogP contribution in [0.1, 0.15) is 12.5 Å². The van der Waals surface area contributed by atoms with E-state index < -0.39 is 6.10 Å². The minimum Gasteiger partial charge on any atom is -0.494 e. The van der Waals surface area contributed by atoms with E-state index in [0.717, 1.165) is 11.3 Å². The molecule has 1 unspecified atom stereocenters. The molecule has 5 nitrogen and oxygen atoms in total. The molecule has 0 spiro atoms. The highest BCUT2D eigenvalue weighted by Crippen LogP contribution is 2.13. The zero-order chi connectivity index (χ0) is 15.0. The van der Waals surface area contributed by atoms with Crippen LogP contribution in [0.2, 0.25) is 0 Å². The maximum absolute atomic E-state index is 12.0. The van der Waals surface area contributed by atoms with Gasteiger partial charge in [0.15, 0.2) is 0 Å². The third-order valence-corrected chi connectivity index (χ3v) is 2.86. The molecule has 0 aliphatic rings. The van der Waals surface area contributed by atoms with Crippen molar-refractivity contribution >= 4 is 5.91 Å². The van der Waals surface area contributed by atoms with Gasteiger partial charge in [-0.1, -0.05) is 12.1 Å². The summed E-state index contributed by atoms with van der Waals surface area (Å²) in [7, 11) is 3.20. The number of aliphatic hydroxyl groups excluding tert-OH is 1. The first-order valence-electron chi connectivity index (χ1n) is 6.69. The summed E-state index contributed by atoms with van der Waals surface area (Å²) in [5, 5.41) is 9.59. The first-order valence-corrected chi connectivity index (χ1v) is 6.69. The van der Waals surface area contributed by atoms with E-state index in [1.807, 2.05) is 31.2 Å². The summed E-state index contributed by atoms with van der Waals surface area (Å²) in [5.74, 6) is 0.761. The van der Waals surface area contributed by atoms with Crippen molar-refractivity contribution in [3.8, 4) is 5.75 Å². The molecular weight excluding hydrogens is 258 g/mol. The molecule has 0 aromatic heterocycles. The lowest BCUT2D eigenvalue weighted by molar-refractivity contribution is -0.130. The average molecular weight is 281 g/mol. The van der Waals surface area contributed by atoms with E-state index in [0.29, 0.717) is 13.0 Å². The smallest absolute Gasteiger partial charge is 0.226 e. The van der Waals surface area contributed by atoms with Gasteiger partial charge in [-0.2, -0.15) is 0 Å². The summed E-state index contributed by atoms with van der Waals surface area (Å²) >= 11 is 0. The number of aliphatic hydroxyl groups is 1. The van der Waals surface area contributed by atoms with Crippen molar-refractivity contribution < 1.29 is 19.4 Å². The summed E-state index contributed by atoms with van der Waals surface area (Å²) in [4.78, 5) is 13.5. The highest BCUT2D eigenvalue weighted by molar-refractivity contribution is 5.78. The molecule has 0 fully saturated rings. The van der Waals surface area contributed by atoms with E-state index >= 15 is 0 Å². The highest BCUT2D eigenvalue weighted by atomic mass is 16.5. The normalized spacial score (nSPS) is 12.0. The number of carbonyl (C=O) groups is 1. The molecule has 0 saturated carbocycles. The van der Waals surface area contributed by atoms with Crippen molar-refractivity contribution in [2.45, 2.75) is 19.4 Å². The maximum atomic E-state index is 12.0. The molecule has 20 heavy (non-hydrogen) atoms. The minimum absolute atomic E-state index is 0.0377. The fourth-order valence-corrected chi connectivity index (χ4v) is 1.84. The Bertz CT molecular complexity index is 405. The van der Waals surface area contributed by atoms with Crippen LogP contribution in [0.3, 0.4) is 0 Å². The van der Waals surface area contributed by atoms with Crippen LogP contribution < -0.4 is 4.74 Å². The summed E-state index contributed by atoms with van der Waals surface area (Å²) in [5.41, 5.74) is 0.923. The predicted molar refractivity (Wildman–Crippen MR) is 76.8 cm³/mol. The van der Waals surface area contributed by atoms with Crippen LogP contribution in [0.15, 0.2) is 24.3 Å². The quantitative estimate of drug-likeness (QED) is 0.775. The lowest BCUT2D eigenvalue weighted by atomic mass is 10.1. The highest BCUT2D eigenvalue weighted by Gasteiger charge is 2.14. The Morgan fingerprint density at radius 2 is 2.00 bits per heavy atom. The van der Waals surface area contributed by atoms with Gasteiger partial charge in [0.2, 0.25) is 5.91 Å². The zero-order valence-corrected chi connectivity index (χ0v) is 12.3. The molecule has 1 rings (SSSR count). The van der Waals surface area contributed by atoms with Crippen LogP contribution in [-0.2, 0) is 16.0 Å². The summed E-state index contributed by atoms with van der Waals surface area (Å²) in [6, 6.07) is 7.46. The maximum Gasteiger partial charge on any atom is 0.226 e. The molecule has 1 aromatic carbocycles. The van der Waals surface area contributed by atoms with Crippen LogP contribution in [0.4, 0.5) is 0 Å². The number of rotatable bonds is 8. The molecule has 0 radical (unpaired) electrons. The standard InChI is InChI=1S/C15H23NO4/c1-4-20-14-7-5-12(6-8-14)9-15(18)16(2)10-13(17)11-19-3/h5-8,13,17H,4,9-11H2,1-3H3. The zero-order valence-electron chi connectivity index (χ0n) is 12.3. The van der Waals surface area contributed by atoms with Crippen LogP contribution in [0.25, 0.3) is 0 Å². The van der Waals surface area contributed by atoms with Crippen LogP contribution in [0, 0.1) is 0 Å². The lowest BCUT2D eigenvalue weighted by Crippen LogP contribution is -2.37. The fraction of sp³-hybridized carbons (Fsp3) is 0.533. The third-order valence-electron chi connectivity index (χ3n) is 2.86. The SMILES string of the molecule is CCOc1ccc(CC(=O)N(C)CC(O)COC)cc1. The van der Waals surface area contributed by atoms with Gasteiger partial charge in [0.05, 0.1) is 25.7 Å². The van der Waals surface area contributed by atoms with Gasteiger partial charge in [-0.25, -0.2) is 0 Å². The number of likely N-dealkylation sites (N-methyl/N-ethyl adjacent to an activating group) is 1. The minimum atomic E-state index is -0.658. The van der Waals surface area contributed by atoms with E-state index in [2.05, 4.69) is 0 Å². The molecule has 1 amide bonds. The average Bonchev–Trinajstić information content (AvgIpc) is 2.41. The number of benzene rings is 1. The molecule has 0 aliphatic carbocycles. The number of amides is 1. The summed E-state index contributed by atoms with van der Waals surface area (Å²) < 4.78 is 10.2. The number of carbonyl (C=O) groups excluding carboxylic acids is 1. The van der Waals surface area contributed by atoms with Crippen LogP contribution in [0.5, 0.6) is 5.75 Å². The van der Waals surface area contributed by atoms with Gasteiger partial charge in [0.1, 0.15) is 5.75 Å². The number of hydrogen-bond donors (Lipinski definition) is 1. The molecule has 1 N–H and O–H groups in total. The second kappa shape index (κ2) is 8.55. The van der Waals surface area contributed by atoms with Crippen molar-refractivity contribution in [3.05, 3.63) is 29.8 Å². The van der Waals surface area contributed by atoms with E-state index in [1.54, 1.807) is 7.05 Å². The van der Waals surface area contributed by atoms with Gasteiger partial charge >= 0.3 is 0 Å². The van der Waals surface area contributed by atoms with Crippen LogP contribution in [-0.4, -0.2) is 55.9 Å². The molecule has 0 saturated heterocycles. The third kappa shape index (κ3) is 5.59. The number of nitrogens with zero attached hydrogens (tertiary/aromatic N) is 1. The molecule has 0 bridgehead atoms. The molecular formula is C15H23NO4. The van der Waals surface area contributed by atoms with E-state index in [-0.39, 0.29) is 19.1 Å². The van der Waals surface area contributed by atoms with Crippen molar-refractivity contribution in [3.63, 3.8) is 0 Å². The second-order valence-corrected chi connectivity index (χ2v) is 4.64. The Balaban J connectivity index is 2.48. The molecule has 0 aliphatic heterocycles. The summed E-state index contributed by atoms with van der Waals surface area (Å²) in [6.45, 7) is 3.04. The van der Waals surface area contributed by atoms with Gasteiger partial charge in [0.25, 0.3) is 0 Å². The summed E-state index contributed by atoms with van der Waals surface area (Å²) in [6.07, 6.45) is -0.350. The molecule has 1 aromatic rings. The largest absolute Gasteiger partial charge is 0.494 e. The van der Waals surface area contributed by atoms with Crippen molar-refractivity contribution in [1.29, 1.82) is 0 Å². The number of hydrogen-bond acceptors (Lipinski definition) is 4. The topological polar surface area (TPSA) is 59.0 Å². The molecule has 112 valence electrons. The molecule has 5 heteroatoms. The van der Waals surface area contributed by atoms with Gasteiger partial charge in [-0.05, 0) is 24.6 Å². The van der Waals surface area contributed by atoms with E-state index in [4.69, 9.17) is 9.47 Å². The molecule has 1 atom stereocenters. The van der Waals surface area contributed by atoms with Crippen LogP contribution >= 0.6 is 0 Å². The van der Waals surface area contributed by atoms with Crippen molar-refractivity contribution in [2.24, 2.45) is 0 Å². The van der Waals surface area contributed by atoms with Gasteiger partial charge < -0.3 is 19.5 Å². The van der Waals surface area contributed by atoms with Gasteiger partial charge in [0, 0.05) is 20.7 Å². The Morgan fingerprint density at radius 1 is 1.35 bits per heavy atom. The predicted octanol–water partition coefficient (Wildman–Crippen LogP) is 1.09.